The van der Waals surface area contributed by atoms with Crippen LogP contribution in [0.25, 0.3) is 0 Å². The molecule has 0 bridgehead atoms. The zero-order valence-electron chi connectivity index (χ0n) is 14.5. The fraction of sp³-hybridized carbons (Fsp3) is 0.533. The third-order valence-corrected chi connectivity index (χ3v) is 5.60. The number of carbonyl (C=O) groups excluding carboxylic acids is 1. The van der Waals surface area contributed by atoms with E-state index in [4.69, 9.17) is 0 Å². The van der Waals surface area contributed by atoms with Crippen molar-refractivity contribution < 1.29 is 18.1 Å². The number of benzene rings is 1. The Hall–Kier alpha value is -2.00. The summed E-state index contributed by atoms with van der Waals surface area (Å²) in [6.45, 7) is 8.11. The Labute approximate surface area is 142 Å². The number of hydrogen-bond acceptors (Lipinski definition) is 5. The van der Waals surface area contributed by atoms with Crippen molar-refractivity contribution in [1.82, 2.24) is 9.62 Å². The fourth-order valence-electron chi connectivity index (χ4n) is 2.22. The van der Waals surface area contributed by atoms with Crippen LogP contribution in [0.5, 0.6) is 0 Å². The number of carbonyl (C=O) groups is 1. The van der Waals surface area contributed by atoms with Crippen molar-refractivity contribution in [1.29, 1.82) is 0 Å². The molecule has 24 heavy (non-hydrogen) atoms. The highest BCUT2D eigenvalue weighted by Crippen LogP contribution is 2.27. The van der Waals surface area contributed by atoms with Crippen molar-refractivity contribution in [3.8, 4) is 0 Å². The molecule has 0 aliphatic carbocycles. The molecule has 1 aromatic carbocycles. The van der Waals surface area contributed by atoms with Gasteiger partial charge in [0.05, 0.1) is 16.4 Å². The number of aryl methyl sites for hydroxylation is 1. The first-order valence-electron chi connectivity index (χ1n) is 7.55. The predicted molar refractivity (Wildman–Crippen MR) is 90.3 cm³/mol. The number of rotatable bonds is 7. The summed E-state index contributed by atoms with van der Waals surface area (Å²) in [4.78, 5) is 22.1. The molecule has 0 saturated heterocycles. The van der Waals surface area contributed by atoms with Crippen LogP contribution in [-0.4, -0.2) is 42.7 Å². The van der Waals surface area contributed by atoms with Gasteiger partial charge in [0.15, 0.2) is 0 Å². The number of likely N-dealkylation sites (N-methyl/N-ethyl adjacent to an activating group) is 1. The number of nitro groups is 1. The Balaban J connectivity index is 3.31. The van der Waals surface area contributed by atoms with E-state index >= 15 is 0 Å². The molecule has 0 fully saturated rings. The van der Waals surface area contributed by atoms with Gasteiger partial charge in [-0.05, 0) is 38.8 Å². The van der Waals surface area contributed by atoms with Gasteiger partial charge in [-0.2, -0.15) is 4.31 Å². The second-order valence-electron chi connectivity index (χ2n) is 5.80. The van der Waals surface area contributed by atoms with Crippen molar-refractivity contribution >= 4 is 21.6 Å². The summed E-state index contributed by atoms with van der Waals surface area (Å²) in [6, 6.07) is 2.26. The second-order valence-corrected chi connectivity index (χ2v) is 7.70. The number of amides is 1. The molecule has 0 aliphatic rings. The van der Waals surface area contributed by atoms with Crippen LogP contribution in [0.15, 0.2) is 17.0 Å². The molecule has 0 aliphatic heterocycles. The van der Waals surface area contributed by atoms with E-state index in [-0.39, 0.29) is 29.7 Å². The molecule has 1 amide bonds. The molecular weight excluding hydrogens is 334 g/mol. The van der Waals surface area contributed by atoms with Gasteiger partial charge in [0.1, 0.15) is 0 Å². The number of hydrogen-bond donors (Lipinski definition) is 1. The van der Waals surface area contributed by atoms with E-state index in [9.17, 15) is 23.3 Å². The average Bonchev–Trinajstić information content (AvgIpc) is 2.45. The van der Waals surface area contributed by atoms with Crippen molar-refractivity contribution in [3.63, 3.8) is 0 Å². The number of nitrogens with one attached hydrogen (secondary N) is 1. The summed E-state index contributed by atoms with van der Waals surface area (Å²) in [7, 11) is -4.02. The topological polar surface area (TPSA) is 110 Å². The molecule has 0 aromatic heterocycles. The lowest BCUT2D eigenvalue weighted by atomic mass is 10.1. The SMILES string of the molecule is CCN(CC(=O)NC(C)C)S(=O)(=O)c1cc([N+](=O)[O-])cc(C)c1C. The first kappa shape index (κ1) is 20.0. The van der Waals surface area contributed by atoms with Crippen molar-refractivity contribution in [2.45, 2.75) is 45.6 Å². The number of sulfonamides is 1. The fourth-order valence-corrected chi connectivity index (χ4v) is 3.94. The Morgan fingerprint density at radius 3 is 2.38 bits per heavy atom. The lowest BCUT2D eigenvalue weighted by molar-refractivity contribution is -0.385. The Morgan fingerprint density at radius 2 is 1.92 bits per heavy atom. The van der Waals surface area contributed by atoms with E-state index in [0.717, 1.165) is 10.4 Å². The molecule has 0 unspecified atom stereocenters. The van der Waals surface area contributed by atoms with Crippen molar-refractivity contribution in [2.75, 3.05) is 13.1 Å². The lowest BCUT2D eigenvalue weighted by Gasteiger charge is -2.22. The van der Waals surface area contributed by atoms with E-state index in [2.05, 4.69) is 5.32 Å². The molecule has 0 atom stereocenters. The van der Waals surface area contributed by atoms with Gasteiger partial charge in [0.2, 0.25) is 15.9 Å². The minimum atomic E-state index is -4.02. The number of non-ortho nitro benzene ring substituents is 1. The van der Waals surface area contributed by atoms with E-state index < -0.39 is 20.9 Å². The molecule has 134 valence electrons. The van der Waals surface area contributed by atoms with E-state index in [1.54, 1.807) is 34.6 Å². The van der Waals surface area contributed by atoms with E-state index in [1.807, 2.05) is 0 Å². The minimum absolute atomic E-state index is 0.0784. The number of nitro benzene ring substituents is 1. The average molecular weight is 357 g/mol. The van der Waals surface area contributed by atoms with Crippen LogP contribution in [0.4, 0.5) is 5.69 Å². The quantitative estimate of drug-likeness (QED) is 0.590. The van der Waals surface area contributed by atoms with Gasteiger partial charge < -0.3 is 5.32 Å². The van der Waals surface area contributed by atoms with Crippen LogP contribution < -0.4 is 5.32 Å². The Kier molecular flexibility index (Phi) is 6.44. The minimum Gasteiger partial charge on any atom is -0.353 e. The molecule has 0 spiro atoms. The van der Waals surface area contributed by atoms with Crippen LogP contribution in [-0.2, 0) is 14.8 Å². The van der Waals surface area contributed by atoms with Crippen molar-refractivity contribution in [3.05, 3.63) is 33.4 Å². The van der Waals surface area contributed by atoms with Gasteiger partial charge >= 0.3 is 0 Å². The zero-order valence-corrected chi connectivity index (χ0v) is 15.3. The summed E-state index contributed by atoms with van der Waals surface area (Å²) in [5.74, 6) is -0.421. The highest BCUT2D eigenvalue weighted by molar-refractivity contribution is 7.89. The standard InChI is InChI=1S/C15H23N3O5S/c1-6-17(9-15(19)16-10(2)3)24(22,23)14-8-13(18(20)21)7-11(4)12(14)5/h7-8,10H,6,9H2,1-5H3,(H,16,19). The molecule has 1 N–H and O–H groups in total. The monoisotopic (exact) mass is 357 g/mol. The highest BCUT2D eigenvalue weighted by Gasteiger charge is 2.29. The van der Waals surface area contributed by atoms with Crippen LogP contribution in [0.2, 0.25) is 0 Å². The van der Waals surface area contributed by atoms with Gasteiger partial charge in [-0.1, -0.05) is 6.92 Å². The van der Waals surface area contributed by atoms with E-state index in [1.165, 1.54) is 6.07 Å². The molecule has 0 heterocycles. The third kappa shape index (κ3) is 4.51. The smallest absolute Gasteiger partial charge is 0.271 e. The largest absolute Gasteiger partial charge is 0.353 e. The second kappa shape index (κ2) is 7.71. The Bertz CT molecular complexity index is 744. The first-order chi connectivity index (χ1) is 11.0. The van der Waals surface area contributed by atoms with Crippen LogP contribution in [0.1, 0.15) is 31.9 Å². The molecule has 0 radical (unpaired) electrons. The summed E-state index contributed by atoms with van der Waals surface area (Å²) in [5, 5.41) is 13.6. The lowest BCUT2D eigenvalue weighted by Crippen LogP contribution is -2.42. The van der Waals surface area contributed by atoms with Crippen LogP contribution in [0.3, 0.4) is 0 Å². The molecule has 9 heteroatoms. The molecular formula is C15H23N3O5S. The predicted octanol–water partition coefficient (Wildman–Crippen LogP) is 1.75. The van der Waals surface area contributed by atoms with Gasteiger partial charge in [-0.15, -0.1) is 0 Å². The molecule has 1 aromatic rings. The third-order valence-electron chi connectivity index (χ3n) is 3.56. The Morgan fingerprint density at radius 1 is 1.33 bits per heavy atom. The molecule has 1 rings (SSSR count). The van der Waals surface area contributed by atoms with Gasteiger partial charge in [-0.25, -0.2) is 8.42 Å². The maximum absolute atomic E-state index is 12.9. The van der Waals surface area contributed by atoms with Crippen LogP contribution >= 0.6 is 0 Å². The summed E-state index contributed by atoms with van der Waals surface area (Å²) in [6.07, 6.45) is 0. The molecule has 0 saturated carbocycles. The highest BCUT2D eigenvalue weighted by atomic mass is 32.2. The zero-order chi connectivity index (χ0) is 18.7. The maximum Gasteiger partial charge on any atom is 0.271 e. The van der Waals surface area contributed by atoms with Gasteiger partial charge in [0, 0.05) is 24.7 Å². The van der Waals surface area contributed by atoms with Gasteiger partial charge in [0.25, 0.3) is 5.69 Å². The normalized spacial score (nSPS) is 11.8. The summed E-state index contributed by atoms with van der Waals surface area (Å²) in [5.41, 5.74) is 0.646. The van der Waals surface area contributed by atoms with Crippen LogP contribution in [0, 0.1) is 24.0 Å². The summed E-state index contributed by atoms with van der Waals surface area (Å²) >= 11 is 0. The van der Waals surface area contributed by atoms with Crippen molar-refractivity contribution in [2.24, 2.45) is 0 Å². The number of nitrogens with zero attached hydrogens (tertiary/aromatic N) is 2. The van der Waals surface area contributed by atoms with E-state index in [0.29, 0.717) is 11.1 Å². The summed E-state index contributed by atoms with van der Waals surface area (Å²) < 4.78 is 26.7. The molecule has 8 nitrogen and oxygen atoms in total. The van der Waals surface area contributed by atoms with Gasteiger partial charge in [-0.3, -0.25) is 14.9 Å². The maximum atomic E-state index is 12.9. The first-order valence-corrected chi connectivity index (χ1v) is 8.99.